The molecule has 2 amide bonds. The molecule has 1 atom stereocenters. The van der Waals surface area contributed by atoms with E-state index in [1.807, 2.05) is 30.3 Å². The molecule has 0 bridgehead atoms. The summed E-state index contributed by atoms with van der Waals surface area (Å²) in [6.07, 6.45) is 0. The number of benzene rings is 2. The van der Waals surface area contributed by atoms with Crippen molar-refractivity contribution in [3.63, 3.8) is 0 Å². The van der Waals surface area contributed by atoms with E-state index < -0.39 is 6.04 Å². The maximum atomic E-state index is 12.6. The largest absolute Gasteiger partial charge is 0.358 e. The lowest BCUT2D eigenvalue weighted by atomic mass is 10.0. The first-order chi connectivity index (χ1) is 11.9. The average molecular weight is 360 g/mol. The van der Waals surface area contributed by atoms with E-state index in [-0.39, 0.29) is 18.4 Å². The van der Waals surface area contributed by atoms with Gasteiger partial charge in [0, 0.05) is 24.8 Å². The molecule has 2 aromatic carbocycles. The molecular weight excluding hydrogens is 338 g/mol. The Bertz CT molecular complexity index is 719. The zero-order valence-corrected chi connectivity index (χ0v) is 15.3. The Morgan fingerprint density at radius 3 is 2.20 bits per heavy atom. The van der Waals surface area contributed by atoms with Crippen LogP contribution in [0.1, 0.15) is 11.6 Å². The van der Waals surface area contributed by atoms with E-state index in [4.69, 9.17) is 11.6 Å². The van der Waals surface area contributed by atoms with Gasteiger partial charge in [-0.3, -0.25) is 14.5 Å². The van der Waals surface area contributed by atoms with Gasteiger partial charge in [-0.05, 0) is 36.9 Å². The Balaban J connectivity index is 2.16. The van der Waals surface area contributed by atoms with Crippen molar-refractivity contribution >= 4 is 29.1 Å². The number of carbonyl (C=O) groups is 2. The fraction of sp³-hybridized carbons (Fsp3) is 0.263. The van der Waals surface area contributed by atoms with Gasteiger partial charge in [0.15, 0.2) is 0 Å². The number of likely N-dealkylation sites (N-methyl/N-ethyl adjacent to an activating group) is 3. The lowest BCUT2D eigenvalue weighted by molar-refractivity contribution is -0.127. The van der Waals surface area contributed by atoms with E-state index in [1.165, 1.54) is 0 Å². The average Bonchev–Trinajstić information content (AvgIpc) is 2.63. The van der Waals surface area contributed by atoms with Gasteiger partial charge in [-0.2, -0.15) is 0 Å². The molecule has 2 rings (SSSR count). The van der Waals surface area contributed by atoms with Crippen LogP contribution in [0, 0.1) is 0 Å². The van der Waals surface area contributed by atoms with Gasteiger partial charge in [0.1, 0.15) is 6.04 Å². The topological polar surface area (TPSA) is 52.7 Å². The van der Waals surface area contributed by atoms with E-state index in [9.17, 15) is 9.59 Å². The van der Waals surface area contributed by atoms with Gasteiger partial charge in [-0.1, -0.05) is 41.9 Å². The summed E-state index contributed by atoms with van der Waals surface area (Å²) in [5.74, 6) is -0.281. The van der Waals surface area contributed by atoms with Crippen LogP contribution in [-0.4, -0.2) is 44.4 Å². The second-order valence-electron chi connectivity index (χ2n) is 5.77. The summed E-state index contributed by atoms with van der Waals surface area (Å²) in [5, 5.41) is 3.25. The van der Waals surface area contributed by atoms with Crippen LogP contribution in [0.25, 0.3) is 0 Å². The van der Waals surface area contributed by atoms with Crippen LogP contribution in [0.15, 0.2) is 54.6 Å². The third-order valence-corrected chi connectivity index (χ3v) is 4.28. The van der Waals surface area contributed by atoms with Gasteiger partial charge < -0.3 is 10.2 Å². The van der Waals surface area contributed by atoms with Crippen molar-refractivity contribution in [2.24, 2.45) is 0 Å². The van der Waals surface area contributed by atoms with Crippen LogP contribution in [0.2, 0.25) is 5.02 Å². The summed E-state index contributed by atoms with van der Waals surface area (Å²) in [7, 11) is 5.06. The van der Waals surface area contributed by atoms with Gasteiger partial charge in [-0.25, -0.2) is 0 Å². The molecule has 5 nitrogen and oxygen atoms in total. The zero-order valence-electron chi connectivity index (χ0n) is 14.6. The lowest BCUT2D eigenvalue weighted by Crippen LogP contribution is -2.43. The minimum Gasteiger partial charge on any atom is -0.358 e. The maximum absolute atomic E-state index is 12.6. The monoisotopic (exact) mass is 359 g/mol. The Morgan fingerprint density at radius 2 is 1.64 bits per heavy atom. The quantitative estimate of drug-likeness (QED) is 0.862. The molecule has 0 aliphatic carbocycles. The first-order valence-corrected chi connectivity index (χ1v) is 8.30. The van der Waals surface area contributed by atoms with E-state index in [1.54, 1.807) is 55.2 Å². The third-order valence-electron chi connectivity index (χ3n) is 4.02. The molecule has 1 N–H and O–H groups in total. The van der Waals surface area contributed by atoms with E-state index in [2.05, 4.69) is 5.32 Å². The van der Waals surface area contributed by atoms with Gasteiger partial charge >= 0.3 is 0 Å². The van der Waals surface area contributed by atoms with Crippen molar-refractivity contribution in [2.75, 3.05) is 32.6 Å². The highest BCUT2D eigenvalue weighted by Crippen LogP contribution is 2.22. The highest BCUT2D eigenvalue weighted by atomic mass is 35.5. The minimum absolute atomic E-state index is 0.100. The van der Waals surface area contributed by atoms with Crippen LogP contribution in [0.4, 0.5) is 5.69 Å². The van der Waals surface area contributed by atoms with E-state index >= 15 is 0 Å². The second-order valence-corrected chi connectivity index (χ2v) is 6.21. The molecule has 0 unspecified atom stereocenters. The number of amides is 2. The molecule has 6 heteroatoms. The van der Waals surface area contributed by atoms with Crippen LogP contribution >= 0.6 is 11.6 Å². The van der Waals surface area contributed by atoms with E-state index in [0.29, 0.717) is 5.02 Å². The summed E-state index contributed by atoms with van der Waals surface area (Å²) in [4.78, 5) is 28.2. The molecule has 0 spiro atoms. The molecule has 2 aromatic rings. The minimum atomic E-state index is -0.574. The summed E-state index contributed by atoms with van der Waals surface area (Å²) >= 11 is 5.93. The van der Waals surface area contributed by atoms with Gasteiger partial charge in [0.2, 0.25) is 11.8 Å². The SMILES string of the molecule is CNC(=O)[C@H](c1ccc(Cl)cc1)N(C)CC(=O)N(C)c1ccccc1. The predicted octanol–water partition coefficient (Wildman–Crippen LogP) is 2.72. The molecule has 0 heterocycles. The van der Waals surface area contributed by atoms with Crippen molar-refractivity contribution in [1.29, 1.82) is 0 Å². The first kappa shape index (κ1) is 19.0. The molecule has 0 aromatic heterocycles. The molecule has 0 saturated carbocycles. The summed E-state index contributed by atoms with van der Waals surface area (Å²) in [6, 6.07) is 15.9. The van der Waals surface area contributed by atoms with Gasteiger partial charge in [-0.15, -0.1) is 0 Å². The highest BCUT2D eigenvalue weighted by molar-refractivity contribution is 6.30. The summed E-state index contributed by atoms with van der Waals surface area (Å²) in [5.41, 5.74) is 1.59. The van der Waals surface area contributed by atoms with Crippen molar-refractivity contribution in [3.8, 4) is 0 Å². The highest BCUT2D eigenvalue weighted by Gasteiger charge is 2.26. The number of anilines is 1. The molecule has 132 valence electrons. The van der Waals surface area contributed by atoms with Crippen LogP contribution in [-0.2, 0) is 9.59 Å². The van der Waals surface area contributed by atoms with Crippen LogP contribution in [0.3, 0.4) is 0 Å². The smallest absolute Gasteiger partial charge is 0.241 e. The van der Waals surface area contributed by atoms with Crippen LogP contribution < -0.4 is 10.2 Å². The maximum Gasteiger partial charge on any atom is 0.241 e. The van der Waals surface area contributed by atoms with Crippen molar-refractivity contribution < 1.29 is 9.59 Å². The summed E-state index contributed by atoms with van der Waals surface area (Å²) in [6.45, 7) is 0.103. The normalized spacial score (nSPS) is 11.9. The second kappa shape index (κ2) is 8.65. The molecule has 0 saturated heterocycles. The number of rotatable bonds is 6. The van der Waals surface area contributed by atoms with E-state index in [0.717, 1.165) is 11.3 Å². The first-order valence-electron chi connectivity index (χ1n) is 7.93. The fourth-order valence-corrected chi connectivity index (χ4v) is 2.72. The predicted molar refractivity (Wildman–Crippen MR) is 101 cm³/mol. The number of nitrogens with one attached hydrogen (secondary N) is 1. The Hall–Kier alpha value is -2.37. The van der Waals surface area contributed by atoms with Gasteiger partial charge in [0.05, 0.1) is 6.54 Å². The molecule has 0 aliphatic rings. The Labute approximate surface area is 153 Å². The molecule has 25 heavy (non-hydrogen) atoms. The Kier molecular flexibility index (Phi) is 6.56. The third kappa shape index (κ3) is 4.81. The van der Waals surface area contributed by atoms with Crippen LogP contribution in [0.5, 0.6) is 0 Å². The number of carbonyl (C=O) groups excluding carboxylic acids is 2. The number of nitrogens with zero attached hydrogens (tertiary/aromatic N) is 2. The van der Waals surface area contributed by atoms with Gasteiger partial charge in [0.25, 0.3) is 0 Å². The summed E-state index contributed by atoms with van der Waals surface area (Å²) < 4.78 is 0. The zero-order chi connectivity index (χ0) is 18.4. The molecule has 0 radical (unpaired) electrons. The molecular formula is C19H22ClN3O2. The number of hydrogen-bond acceptors (Lipinski definition) is 3. The molecule has 0 aliphatic heterocycles. The lowest BCUT2D eigenvalue weighted by Gasteiger charge is -2.28. The molecule has 0 fully saturated rings. The number of hydrogen-bond donors (Lipinski definition) is 1. The van der Waals surface area contributed by atoms with Crippen molar-refractivity contribution in [1.82, 2.24) is 10.2 Å². The number of para-hydroxylation sites is 1. The standard InChI is InChI=1S/C19H22ClN3O2/c1-21-19(25)18(14-9-11-15(20)12-10-14)22(2)13-17(24)23(3)16-7-5-4-6-8-16/h4-12,18H,13H2,1-3H3,(H,21,25)/t18-/m0/s1. The number of halogens is 1. The van der Waals surface area contributed by atoms with Crippen molar-refractivity contribution in [2.45, 2.75) is 6.04 Å². The van der Waals surface area contributed by atoms with Crippen molar-refractivity contribution in [3.05, 3.63) is 65.2 Å². The Morgan fingerprint density at radius 1 is 1.04 bits per heavy atom. The fourth-order valence-electron chi connectivity index (χ4n) is 2.59.